The van der Waals surface area contributed by atoms with Crippen LogP contribution in [0.2, 0.25) is 0 Å². The molecule has 4 heterocycles. The number of benzene rings is 1. The lowest BCUT2D eigenvalue weighted by atomic mass is 9.48. The first kappa shape index (κ1) is 21.7. The Morgan fingerprint density at radius 1 is 1.28 bits per heavy atom. The van der Waals surface area contributed by atoms with Gasteiger partial charge in [-0.25, -0.2) is 4.98 Å². The molecule has 1 spiro atoms. The van der Waals surface area contributed by atoms with E-state index >= 15 is 0 Å². The van der Waals surface area contributed by atoms with Gasteiger partial charge in [-0.1, -0.05) is 38.6 Å². The number of nitrogens with one attached hydrogen (secondary N) is 1. The third-order valence-electron chi connectivity index (χ3n) is 9.81. The molecule has 3 aliphatic carbocycles. The standard InChI is InChI=1S/C30H31N5O/c1-4-24(36)35-16-30(17-35)9-11-34(15-30)28-22(14-31)25(20-7-5-6-18-8-10-32-26(18)20)21-12-19-13-23(27(21)33-28)29(19,2)3/h4-8,10,19,23,32H,1,9,11-13,15-17H2,2-3H3/t19-,23-/m0/s1. The normalized spacial score (nSPS) is 24.7. The number of carbonyl (C=O) groups excluding carboxylic acids is 1. The smallest absolute Gasteiger partial charge is 0.245 e. The van der Waals surface area contributed by atoms with Crippen molar-refractivity contribution in [3.63, 3.8) is 0 Å². The Labute approximate surface area is 211 Å². The quantitative estimate of drug-likeness (QED) is 0.538. The largest absolute Gasteiger partial charge is 0.361 e. The number of anilines is 1. The van der Waals surface area contributed by atoms with E-state index in [-0.39, 0.29) is 16.7 Å². The Bertz CT molecular complexity index is 1480. The monoisotopic (exact) mass is 477 g/mol. The fourth-order valence-electron chi connectivity index (χ4n) is 7.54. The molecule has 0 radical (unpaired) electrons. The average molecular weight is 478 g/mol. The van der Waals surface area contributed by atoms with Crippen molar-refractivity contribution >= 4 is 22.6 Å². The lowest BCUT2D eigenvalue weighted by Gasteiger charge is -2.57. The number of nitriles is 1. The molecule has 1 saturated carbocycles. The molecule has 6 nitrogen and oxygen atoms in total. The zero-order valence-corrected chi connectivity index (χ0v) is 21.0. The Morgan fingerprint density at radius 3 is 2.86 bits per heavy atom. The van der Waals surface area contributed by atoms with E-state index < -0.39 is 0 Å². The van der Waals surface area contributed by atoms with E-state index in [9.17, 15) is 10.1 Å². The SMILES string of the molecule is C=CC(=O)N1CC2(CCN(c3nc4c(c(-c5cccc6cc[nH]c56)c3C#N)C[C@H]3C[C@@H]4C3(C)C)C2)C1. The molecule has 182 valence electrons. The van der Waals surface area contributed by atoms with Crippen molar-refractivity contribution in [1.82, 2.24) is 14.9 Å². The Morgan fingerprint density at radius 2 is 2.11 bits per heavy atom. The topological polar surface area (TPSA) is 76.0 Å². The first-order valence-corrected chi connectivity index (χ1v) is 13.0. The van der Waals surface area contributed by atoms with Crippen molar-refractivity contribution in [2.45, 2.75) is 39.0 Å². The number of aromatic nitrogens is 2. The van der Waals surface area contributed by atoms with Crippen LogP contribution in [0, 0.1) is 28.1 Å². The number of fused-ring (bicyclic) bond motifs is 1. The summed E-state index contributed by atoms with van der Waals surface area (Å²) in [5.41, 5.74) is 6.78. The molecule has 8 rings (SSSR count). The highest BCUT2D eigenvalue weighted by atomic mass is 16.2. The average Bonchev–Trinajstić information content (AvgIpc) is 3.53. The second-order valence-electron chi connectivity index (χ2n) is 12.0. The second kappa shape index (κ2) is 7.22. The number of rotatable bonds is 3. The van der Waals surface area contributed by atoms with Crippen molar-refractivity contribution < 1.29 is 4.79 Å². The van der Waals surface area contributed by atoms with Gasteiger partial charge in [0.25, 0.3) is 0 Å². The van der Waals surface area contributed by atoms with Crippen molar-refractivity contribution in [3.05, 3.63) is 59.9 Å². The van der Waals surface area contributed by atoms with Crippen molar-refractivity contribution in [3.8, 4) is 17.2 Å². The van der Waals surface area contributed by atoms with E-state index in [0.717, 1.165) is 66.9 Å². The number of carbonyl (C=O) groups is 1. The van der Waals surface area contributed by atoms with Gasteiger partial charge in [0.1, 0.15) is 17.5 Å². The minimum Gasteiger partial charge on any atom is -0.361 e. The molecule has 2 aromatic heterocycles. The van der Waals surface area contributed by atoms with Crippen LogP contribution in [-0.4, -0.2) is 47.0 Å². The van der Waals surface area contributed by atoms with Gasteiger partial charge < -0.3 is 14.8 Å². The van der Waals surface area contributed by atoms with E-state index in [1.165, 1.54) is 23.8 Å². The summed E-state index contributed by atoms with van der Waals surface area (Å²) in [4.78, 5) is 25.0. The number of hydrogen-bond acceptors (Lipinski definition) is 4. The van der Waals surface area contributed by atoms with Crippen LogP contribution in [0.15, 0.2) is 43.1 Å². The molecule has 1 aromatic carbocycles. The van der Waals surface area contributed by atoms with Crippen LogP contribution in [0.3, 0.4) is 0 Å². The highest BCUT2D eigenvalue weighted by Gasteiger charge is 2.55. The summed E-state index contributed by atoms with van der Waals surface area (Å²) < 4.78 is 0. The third-order valence-corrected chi connectivity index (χ3v) is 9.81. The zero-order chi connectivity index (χ0) is 24.8. The molecule has 2 bridgehead atoms. The molecular weight excluding hydrogens is 446 g/mol. The molecule has 1 amide bonds. The number of pyridine rings is 1. The van der Waals surface area contributed by atoms with E-state index in [0.29, 0.717) is 17.4 Å². The first-order chi connectivity index (χ1) is 17.3. The van der Waals surface area contributed by atoms with Crippen molar-refractivity contribution in [1.29, 1.82) is 5.26 Å². The number of H-pyrrole nitrogens is 1. The third kappa shape index (κ3) is 2.77. The lowest BCUT2D eigenvalue weighted by Crippen LogP contribution is -2.59. The van der Waals surface area contributed by atoms with Crippen LogP contribution in [0.1, 0.15) is 49.4 Å². The predicted octanol–water partition coefficient (Wildman–Crippen LogP) is 5.01. The maximum absolute atomic E-state index is 12.1. The minimum atomic E-state index is 0.00629. The van der Waals surface area contributed by atoms with E-state index in [1.807, 2.05) is 11.1 Å². The molecule has 1 N–H and O–H groups in total. The van der Waals surface area contributed by atoms with Gasteiger partial charge in [0.2, 0.25) is 5.91 Å². The maximum atomic E-state index is 12.1. The molecule has 0 unspecified atom stereocenters. The van der Waals surface area contributed by atoms with Crippen molar-refractivity contribution in [2.24, 2.45) is 16.7 Å². The van der Waals surface area contributed by atoms with Gasteiger partial charge in [-0.2, -0.15) is 5.26 Å². The zero-order valence-electron chi connectivity index (χ0n) is 21.0. The highest BCUT2D eigenvalue weighted by Crippen LogP contribution is 2.63. The highest BCUT2D eigenvalue weighted by molar-refractivity contribution is 5.98. The summed E-state index contributed by atoms with van der Waals surface area (Å²) in [6.07, 6.45) is 6.56. The van der Waals surface area contributed by atoms with Gasteiger partial charge in [-0.15, -0.1) is 0 Å². The van der Waals surface area contributed by atoms with Gasteiger partial charge >= 0.3 is 0 Å². The minimum absolute atomic E-state index is 0.00629. The van der Waals surface area contributed by atoms with Gasteiger partial charge in [-0.05, 0) is 53.7 Å². The fourth-order valence-corrected chi connectivity index (χ4v) is 7.54. The summed E-state index contributed by atoms with van der Waals surface area (Å²) in [6, 6.07) is 11.1. The molecular formula is C30H31N5O. The second-order valence-corrected chi connectivity index (χ2v) is 12.0. The number of hydrogen-bond donors (Lipinski definition) is 1. The van der Waals surface area contributed by atoms with Crippen LogP contribution in [0.5, 0.6) is 0 Å². The number of amides is 1. The van der Waals surface area contributed by atoms with Crippen LogP contribution in [-0.2, 0) is 11.2 Å². The Balaban J connectivity index is 1.37. The maximum Gasteiger partial charge on any atom is 0.245 e. The van der Waals surface area contributed by atoms with Gasteiger partial charge in [0.15, 0.2) is 0 Å². The summed E-state index contributed by atoms with van der Waals surface area (Å²) in [5.74, 6) is 1.91. The first-order valence-electron chi connectivity index (χ1n) is 13.0. The van der Waals surface area contributed by atoms with E-state index in [1.54, 1.807) is 0 Å². The molecule has 5 aliphatic rings. The Kier molecular flexibility index (Phi) is 4.35. The number of aromatic amines is 1. The molecule has 3 aromatic rings. The number of para-hydroxylation sites is 1. The van der Waals surface area contributed by atoms with Crippen LogP contribution < -0.4 is 4.90 Å². The van der Waals surface area contributed by atoms with E-state index in [2.05, 4.69) is 60.6 Å². The fraction of sp³-hybridized carbons (Fsp3) is 0.433. The molecule has 3 fully saturated rings. The lowest BCUT2D eigenvalue weighted by molar-refractivity contribution is -0.136. The molecule has 2 saturated heterocycles. The molecule has 2 atom stereocenters. The Hall–Kier alpha value is -3.59. The molecule has 36 heavy (non-hydrogen) atoms. The predicted molar refractivity (Wildman–Crippen MR) is 141 cm³/mol. The van der Waals surface area contributed by atoms with Crippen LogP contribution in [0.4, 0.5) is 5.82 Å². The summed E-state index contributed by atoms with van der Waals surface area (Å²) in [7, 11) is 0. The number of nitrogens with zero attached hydrogens (tertiary/aromatic N) is 4. The summed E-state index contributed by atoms with van der Waals surface area (Å²) in [6.45, 7) is 11.6. The van der Waals surface area contributed by atoms with Gasteiger partial charge in [0.05, 0.1) is 11.2 Å². The van der Waals surface area contributed by atoms with Crippen molar-refractivity contribution in [2.75, 3.05) is 31.1 Å². The van der Waals surface area contributed by atoms with E-state index in [4.69, 9.17) is 4.98 Å². The van der Waals surface area contributed by atoms with Gasteiger partial charge in [0, 0.05) is 54.8 Å². The van der Waals surface area contributed by atoms with Crippen LogP contribution >= 0.6 is 0 Å². The number of likely N-dealkylation sites (tertiary alicyclic amines) is 1. The van der Waals surface area contributed by atoms with Crippen LogP contribution in [0.25, 0.3) is 22.0 Å². The summed E-state index contributed by atoms with van der Waals surface area (Å²) >= 11 is 0. The summed E-state index contributed by atoms with van der Waals surface area (Å²) in [5, 5.41) is 11.7. The molecule has 6 heteroatoms. The molecule has 2 aliphatic heterocycles. The van der Waals surface area contributed by atoms with Gasteiger partial charge in [-0.3, -0.25) is 4.79 Å².